The Morgan fingerprint density at radius 2 is 1.76 bits per heavy atom. The first kappa shape index (κ1) is 19.6. The Hall–Kier alpha value is -2.71. The van der Waals surface area contributed by atoms with Crippen molar-refractivity contribution in [1.82, 2.24) is 19.7 Å². The molecule has 2 heterocycles. The molecule has 29 heavy (non-hydrogen) atoms. The number of halogens is 1. The van der Waals surface area contributed by atoms with Crippen molar-refractivity contribution in [3.8, 4) is 5.69 Å². The van der Waals surface area contributed by atoms with Crippen molar-refractivity contribution in [2.45, 2.75) is 24.5 Å². The van der Waals surface area contributed by atoms with Gasteiger partial charge in [0.15, 0.2) is 11.0 Å². The molecule has 1 amide bonds. The van der Waals surface area contributed by atoms with Crippen molar-refractivity contribution in [2.75, 3.05) is 24.2 Å². The molecule has 0 unspecified atom stereocenters. The second-order valence-electron chi connectivity index (χ2n) is 6.90. The van der Waals surface area contributed by atoms with E-state index in [1.165, 1.54) is 36.7 Å². The van der Waals surface area contributed by atoms with E-state index < -0.39 is 0 Å². The standard InChI is InChI=1S/C21H22FN5OS/c22-16-8-10-17(11-9-16)23-20(28)15-29-21-25-24-19(14-26-12-4-5-13-26)27(21)18-6-2-1-3-7-18/h1-3,6-11H,4-5,12-15H2,(H,23,28). The van der Waals surface area contributed by atoms with Gasteiger partial charge >= 0.3 is 0 Å². The molecular weight excluding hydrogens is 389 g/mol. The SMILES string of the molecule is O=C(CSc1nnc(CN2CCCC2)n1-c1ccccc1)Nc1ccc(F)cc1. The maximum absolute atomic E-state index is 13.0. The summed E-state index contributed by atoms with van der Waals surface area (Å²) in [5, 5.41) is 12.2. The second kappa shape index (κ2) is 9.19. The molecule has 1 aliphatic heterocycles. The number of para-hydroxylation sites is 1. The van der Waals surface area contributed by atoms with Gasteiger partial charge in [0, 0.05) is 11.4 Å². The summed E-state index contributed by atoms with van der Waals surface area (Å²) >= 11 is 1.34. The zero-order valence-electron chi connectivity index (χ0n) is 15.9. The molecule has 3 aromatic rings. The van der Waals surface area contributed by atoms with Crippen LogP contribution in [0.15, 0.2) is 59.8 Å². The van der Waals surface area contributed by atoms with Crippen LogP contribution in [0.4, 0.5) is 10.1 Å². The molecule has 0 aliphatic carbocycles. The molecule has 2 aromatic carbocycles. The van der Waals surface area contributed by atoms with E-state index in [0.29, 0.717) is 10.8 Å². The number of rotatable bonds is 7. The van der Waals surface area contributed by atoms with Crippen molar-refractivity contribution in [1.29, 1.82) is 0 Å². The molecular formula is C21H22FN5OS. The third-order valence-corrected chi connectivity index (χ3v) is 5.67. The molecule has 1 saturated heterocycles. The number of nitrogens with one attached hydrogen (secondary N) is 1. The minimum absolute atomic E-state index is 0.176. The van der Waals surface area contributed by atoms with Gasteiger partial charge in [0.25, 0.3) is 0 Å². The second-order valence-corrected chi connectivity index (χ2v) is 7.84. The Balaban J connectivity index is 1.48. The average molecular weight is 412 g/mol. The van der Waals surface area contributed by atoms with Crippen LogP contribution in [0.3, 0.4) is 0 Å². The summed E-state index contributed by atoms with van der Waals surface area (Å²) in [4.78, 5) is 14.7. The molecule has 4 rings (SSSR count). The normalized spacial score (nSPS) is 14.2. The first-order chi connectivity index (χ1) is 14.2. The summed E-state index contributed by atoms with van der Waals surface area (Å²) in [7, 11) is 0. The third kappa shape index (κ3) is 5.02. The number of amides is 1. The summed E-state index contributed by atoms with van der Waals surface area (Å²) in [5.41, 5.74) is 1.55. The first-order valence-electron chi connectivity index (χ1n) is 9.59. The quantitative estimate of drug-likeness (QED) is 0.600. The van der Waals surface area contributed by atoms with E-state index >= 15 is 0 Å². The molecule has 1 N–H and O–H groups in total. The lowest BCUT2D eigenvalue weighted by Gasteiger charge is -2.16. The summed E-state index contributed by atoms with van der Waals surface area (Å²) < 4.78 is 15.0. The van der Waals surface area contributed by atoms with Crippen LogP contribution in [0.1, 0.15) is 18.7 Å². The van der Waals surface area contributed by atoms with Crippen LogP contribution in [0.2, 0.25) is 0 Å². The summed E-state index contributed by atoms with van der Waals surface area (Å²) in [6, 6.07) is 15.7. The Bertz CT molecular complexity index is 955. The lowest BCUT2D eigenvalue weighted by molar-refractivity contribution is -0.113. The number of nitrogens with zero attached hydrogens (tertiary/aromatic N) is 4. The van der Waals surface area contributed by atoms with Gasteiger partial charge in [0.1, 0.15) is 5.82 Å². The molecule has 150 valence electrons. The minimum atomic E-state index is -0.334. The van der Waals surface area contributed by atoms with Gasteiger partial charge in [-0.1, -0.05) is 30.0 Å². The van der Waals surface area contributed by atoms with E-state index in [9.17, 15) is 9.18 Å². The van der Waals surface area contributed by atoms with Gasteiger partial charge in [-0.2, -0.15) is 0 Å². The largest absolute Gasteiger partial charge is 0.325 e. The third-order valence-electron chi connectivity index (χ3n) is 4.74. The van der Waals surface area contributed by atoms with Crippen molar-refractivity contribution in [3.05, 3.63) is 66.2 Å². The van der Waals surface area contributed by atoms with Crippen LogP contribution in [0.25, 0.3) is 5.69 Å². The van der Waals surface area contributed by atoms with Crippen LogP contribution in [0.5, 0.6) is 0 Å². The van der Waals surface area contributed by atoms with Gasteiger partial charge < -0.3 is 5.32 Å². The molecule has 0 bridgehead atoms. The fourth-order valence-corrected chi connectivity index (χ4v) is 4.10. The lowest BCUT2D eigenvalue weighted by atomic mass is 10.3. The first-order valence-corrected chi connectivity index (χ1v) is 10.6. The number of thioether (sulfide) groups is 1. The Kier molecular flexibility index (Phi) is 6.21. The van der Waals surface area contributed by atoms with Gasteiger partial charge in [-0.05, 0) is 62.3 Å². The van der Waals surface area contributed by atoms with E-state index in [0.717, 1.165) is 31.1 Å². The summed E-state index contributed by atoms with van der Waals surface area (Å²) in [6.07, 6.45) is 2.43. The number of likely N-dealkylation sites (tertiary alicyclic amines) is 1. The highest BCUT2D eigenvalue weighted by Gasteiger charge is 2.20. The predicted molar refractivity (Wildman–Crippen MR) is 112 cm³/mol. The molecule has 0 atom stereocenters. The van der Waals surface area contributed by atoms with Gasteiger partial charge in [-0.3, -0.25) is 14.3 Å². The van der Waals surface area contributed by atoms with E-state index in [-0.39, 0.29) is 17.5 Å². The number of aromatic nitrogens is 3. The van der Waals surface area contributed by atoms with Crippen LogP contribution in [0, 0.1) is 5.82 Å². The van der Waals surface area contributed by atoms with Crippen LogP contribution < -0.4 is 5.32 Å². The molecule has 8 heteroatoms. The lowest BCUT2D eigenvalue weighted by Crippen LogP contribution is -2.21. The van der Waals surface area contributed by atoms with Crippen LogP contribution in [-0.2, 0) is 11.3 Å². The Morgan fingerprint density at radius 3 is 2.48 bits per heavy atom. The highest BCUT2D eigenvalue weighted by molar-refractivity contribution is 7.99. The summed E-state index contributed by atoms with van der Waals surface area (Å²) in [5.74, 6) is 0.551. The Labute approximate surface area is 173 Å². The van der Waals surface area contributed by atoms with E-state index in [4.69, 9.17) is 0 Å². The van der Waals surface area contributed by atoms with Gasteiger partial charge in [-0.15, -0.1) is 10.2 Å². The van der Waals surface area contributed by atoms with Crippen molar-refractivity contribution < 1.29 is 9.18 Å². The molecule has 0 radical (unpaired) electrons. The fraction of sp³-hybridized carbons (Fsp3) is 0.286. The van der Waals surface area contributed by atoms with Crippen LogP contribution >= 0.6 is 11.8 Å². The number of hydrogen-bond donors (Lipinski definition) is 1. The molecule has 0 saturated carbocycles. The van der Waals surface area contributed by atoms with Crippen molar-refractivity contribution in [2.24, 2.45) is 0 Å². The van der Waals surface area contributed by atoms with Gasteiger partial charge in [-0.25, -0.2) is 4.39 Å². The monoisotopic (exact) mass is 411 g/mol. The van der Waals surface area contributed by atoms with E-state index in [1.54, 1.807) is 12.1 Å². The number of hydrogen-bond acceptors (Lipinski definition) is 5. The average Bonchev–Trinajstić information content (AvgIpc) is 3.39. The molecule has 1 aliphatic rings. The Morgan fingerprint density at radius 1 is 1.03 bits per heavy atom. The highest BCUT2D eigenvalue weighted by atomic mass is 32.2. The fourth-order valence-electron chi connectivity index (χ4n) is 3.33. The zero-order chi connectivity index (χ0) is 20.1. The van der Waals surface area contributed by atoms with Gasteiger partial charge in [0.2, 0.25) is 5.91 Å². The smallest absolute Gasteiger partial charge is 0.234 e. The number of carbonyl (C=O) groups is 1. The number of benzene rings is 2. The minimum Gasteiger partial charge on any atom is -0.325 e. The molecule has 1 aromatic heterocycles. The number of carbonyl (C=O) groups excluding carboxylic acids is 1. The van der Waals surface area contributed by atoms with Gasteiger partial charge in [0.05, 0.1) is 12.3 Å². The van der Waals surface area contributed by atoms with Crippen LogP contribution in [-0.4, -0.2) is 44.4 Å². The number of anilines is 1. The van der Waals surface area contributed by atoms with Crippen molar-refractivity contribution >= 4 is 23.4 Å². The molecule has 0 spiro atoms. The maximum atomic E-state index is 13.0. The molecule has 6 nitrogen and oxygen atoms in total. The highest BCUT2D eigenvalue weighted by Crippen LogP contribution is 2.24. The predicted octanol–water partition coefficient (Wildman–Crippen LogP) is 3.73. The zero-order valence-corrected chi connectivity index (χ0v) is 16.7. The van der Waals surface area contributed by atoms with E-state index in [2.05, 4.69) is 20.4 Å². The summed E-state index contributed by atoms with van der Waals surface area (Å²) in [6.45, 7) is 2.89. The topological polar surface area (TPSA) is 63.1 Å². The van der Waals surface area contributed by atoms with E-state index in [1.807, 2.05) is 34.9 Å². The molecule has 1 fully saturated rings. The van der Waals surface area contributed by atoms with Crippen molar-refractivity contribution in [3.63, 3.8) is 0 Å². The maximum Gasteiger partial charge on any atom is 0.234 e.